The van der Waals surface area contributed by atoms with Crippen molar-refractivity contribution in [3.05, 3.63) is 58.3 Å². The maximum absolute atomic E-state index is 12.3. The average molecular weight is 365 g/mol. The number of rotatable bonds is 4. The summed E-state index contributed by atoms with van der Waals surface area (Å²) < 4.78 is 1.57. The lowest BCUT2D eigenvalue weighted by molar-refractivity contribution is 0.324. The number of aryl methyl sites for hydroxylation is 1. The van der Waals surface area contributed by atoms with Crippen molar-refractivity contribution >= 4 is 17.0 Å². The van der Waals surface area contributed by atoms with Crippen molar-refractivity contribution in [2.75, 3.05) is 13.1 Å². The number of hydrogen-bond donors (Lipinski definition) is 4. The lowest BCUT2D eigenvalue weighted by Gasteiger charge is -2.17. The molecular weight excluding hydrogens is 342 g/mol. The molecule has 0 radical (unpaired) electrons. The lowest BCUT2D eigenvalue weighted by Crippen LogP contribution is -2.40. The number of benzene rings is 1. The molecule has 1 aliphatic heterocycles. The van der Waals surface area contributed by atoms with E-state index in [9.17, 15) is 4.79 Å². The Bertz CT molecular complexity index is 1030. The van der Waals surface area contributed by atoms with Crippen LogP contribution in [0.3, 0.4) is 0 Å². The zero-order chi connectivity index (χ0) is 19.0. The number of nitrogens with one attached hydrogen (secondary N) is 3. The molecule has 1 aromatic carbocycles. The molecule has 3 heterocycles. The summed E-state index contributed by atoms with van der Waals surface area (Å²) in [7, 11) is 0. The fraction of sp³-hybridized carbons (Fsp3) is 0.316. The Hall–Kier alpha value is -3.13. The second-order valence-corrected chi connectivity index (χ2v) is 7.09. The average Bonchev–Trinajstić information content (AvgIpc) is 3.19. The predicted molar refractivity (Wildman–Crippen MR) is 105 cm³/mol. The van der Waals surface area contributed by atoms with Gasteiger partial charge in [0.2, 0.25) is 0 Å². The highest BCUT2D eigenvalue weighted by Crippen LogP contribution is 2.16. The van der Waals surface area contributed by atoms with Gasteiger partial charge >= 0.3 is 5.69 Å². The minimum Gasteiger partial charge on any atom is -0.370 e. The van der Waals surface area contributed by atoms with Gasteiger partial charge in [0.25, 0.3) is 0 Å². The van der Waals surface area contributed by atoms with Gasteiger partial charge in [-0.05, 0) is 37.1 Å². The molecule has 0 bridgehead atoms. The summed E-state index contributed by atoms with van der Waals surface area (Å²) >= 11 is 0. The van der Waals surface area contributed by atoms with E-state index in [4.69, 9.17) is 11.1 Å². The molecule has 0 aliphatic carbocycles. The van der Waals surface area contributed by atoms with Gasteiger partial charge in [-0.3, -0.25) is 14.9 Å². The van der Waals surface area contributed by atoms with E-state index in [-0.39, 0.29) is 17.7 Å². The second-order valence-electron chi connectivity index (χ2n) is 7.09. The van der Waals surface area contributed by atoms with E-state index in [1.165, 1.54) is 5.56 Å². The molecule has 1 aliphatic rings. The van der Waals surface area contributed by atoms with Crippen LogP contribution < -0.4 is 16.7 Å². The van der Waals surface area contributed by atoms with Crippen LogP contribution >= 0.6 is 0 Å². The Morgan fingerprint density at radius 3 is 2.93 bits per heavy atom. The summed E-state index contributed by atoms with van der Waals surface area (Å²) in [5.41, 5.74) is 8.69. The number of nitrogens with zero attached hydrogens (tertiary/aromatic N) is 3. The van der Waals surface area contributed by atoms with E-state index in [2.05, 4.69) is 20.2 Å². The van der Waals surface area contributed by atoms with Crippen molar-refractivity contribution in [1.29, 1.82) is 5.41 Å². The first-order valence-electron chi connectivity index (χ1n) is 8.99. The molecule has 0 spiro atoms. The van der Waals surface area contributed by atoms with Gasteiger partial charge in [-0.15, -0.1) is 0 Å². The van der Waals surface area contributed by atoms with Gasteiger partial charge in [-0.25, -0.2) is 4.79 Å². The fourth-order valence-corrected chi connectivity index (χ4v) is 3.65. The van der Waals surface area contributed by atoms with E-state index in [0.29, 0.717) is 5.65 Å². The van der Waals surface area contributed by atoms with Crippen LogP contribution in [0, 0.1) is 12.3 Å². The molecule has 8 heteroatoms. The molecule has 4 rings (SSSR count). The largest absolute Gasteiger partial charge is 0.370 e. The molecule has 8 nitrogen and oxygen atoms in total. The molecule has 140 valence electrons. The molecular formula is C19H23N7O. The maximum atomic E-state index is 12.3. The van der Waals surface area contributed by atoms with E-state index in [1.807, 2.05) is 43.5 Å². The van der Waals surface area contributed by atoms with Crippen molar-refractivity contribution in [2.45, 2.75) is 25.9 Å². The molecule has 0 unspecified atom stereocenters. The zero-order valence-electron chi connectivity index (χ0n) is 15.2. The normalized spacial score (nSPS) is 17.4. The molecule has 0 saturated carbocycles. The summed E-state index contributed by atoms with van der Waals surface area (Å²) in [6.45, 7) is 4.62. The molecule has 5 N–H and O–H groups in total. The molecule has 27 heavy (non-hydrogen) atoms. The van der Waals surface area contributed by atoms with Crippen molar-refractivity contribution in [3.8, 4) is 5.69 Å². The van der Waals surface area contributed by atoms with Crippen molar-refractivity contribution in [1.82, 2.24) is 24.8 Å². The van der Waals surface area contributed by atoms with Crippen LogP contribution in [-0.4, -0.2) is 44.5 Å². The van der Waals surface area contributed by atoms with Gasteiger partial charge in [0.05, 0.1) is 5.69 Å². The summed E-state index contributed by atoms with van der Waals surface area (Å²) in [5, 5.41) is 11.2. The minimum absolute atomic E-state index is 0.0276. The Balaban J connectivity index is 1.49. The number of nitrogens with two attached hydrogens (primary N) is 1. The number of guanidine groups is 1. The van der Waals surface area contributed by atoms with Crippen LogP contribution in [0.25, 0.3) is 16.7 Å². The third-order valence-electron chi connectivity index (χ3n) is 4.90. The smallest absolute Gasteiger partial charge is 0.354 e. The third kappa shape index (κ3) is 3.70. The monoisotopic (exact) mass is 365 g/mol. The van der Waals surface area contributed by atoms with Crippen LogP contribution in [0.1, 0.15) is 17.7 Å². The maximum Gasteiger partial charge on any atom is 0.354 e. The quantitative estimate of drug-likeness (QED) is 0.408. The van der Waals surface area contributed by atoms with E-state index in [0.717, 1.165) is 42.8 Å². The number of aromatic nitrogens is 3. The fourth-order valence-electron chi connectivity index (χ4n) is 3.65. The summed E-state index contributed by atoms with van der Waals surface area (Å²) in [6.07, 6.45) is 2.80. The number of fused-ring (bicyclic) bond motifs is 1. The van der Waals surface area contributed by atoms with Gasteiger partial charge in [0.15, 0.2) is 5.96 Å². The van der Waals surface area contributed by atoms with Crippen molar-refractivity contribution in [3.63, 3.8) is 0 Å². The highest BCUT2D eigenvalue weighted by Gasteiger charge is 2.22. The molecule has 1 fully saturated rings. The summed E-state index contributed by atoms with van der Waals surface area (Å²) in [4.78, 5) is 21.9. The second kappa shape index (κ2) is 6.88. The Morgan fingerprint density at radius 1 is 1.41 bits per heavy atom. The Kier molecular flexibility index (Phi) is 4.41. The highest BCUT2D eigenvalue weighted by molar-refractivity contribution is 5.75. The van der Waals surface area contributed by atoms with Gasteiger partial charge < -0.3 is 16.0 Å². The Morgan fingerprint density at radius 2 is 2.19 bits per heavy atom. The van der Waals surface area contributed by atoms with Crippen molar-refractivity contribution < 1.29 is 0 Å². The lowest BCUT2D eigenvalue weighted by atomic mass is 10.2. The molecule has 3 aromatic rings. The van der Waals surface area contributed by atoms with Crippen LogP contribution in [-0.2, 0) is 6.54 Å². The van der Waals surface area contributed by atoms with Gasteiger partial charge in [-0.1, -0.05) is 12.1 Å². The van der Waals surface area contributed by atoms with Crippen LogP contribution in [0.5, 0.6) is 0 Å². The third-order valence-corrected chi connectivity index (χ3v) is 4.90. The first-order chi connectivity index (χ1) is 13.0. The zero-order valence-corrected chi connectivity index (χ0v) is 15.2. The van der Waals surface area contributed by atoms with Crippen molar-refractivity contribution in [2.24, 2.45) is 5.73 Å². The molecule has 2 aromatic heterocycles. The van der Waals surface area contributed by atoms with Gasteiger partial charge in [0.1, 0.15) is 5.65 Å². The molecule has 1 saturated heterocycles. The van der Waals surface area contributed by atoms with Crippen LogP contribution in [0.15, 0.2) is 41.3 Å². The number of aromatic amines is 1. The van der Waals surface area contributed by atoms with Crippen LogP contribution in [0.2, 0.25) is 0 Å². The SMILES string of the molecule is Cc1cc2cn(-c3ccc(CN4CC[C@@H](NC(=N)N)C4)cc3)c(=O)nc2[nH]1. The minimum atomic E-state index is -0.296. The van der Waals surface area contributed by atoms with Gasteiger partial charge in [-0.2, -0.15) is 4.98 Å². The van der Waals surface area contributed by atoms with E-state index < -0.39 is 0 Å². The first kappa shape index (κ1) is 17.3. The van der Waals surface area contributed by atoms with E-state index in [1.54, 1.807) is 4.57 Å². The topological polar surface area (TPSA) is 116 Å². The standard InChI is InChI=1S/C19H23N7O/c1-12-8-14-10-26(19(27)24-17(14)22-12)16-4-2-13(3-5-16)9-25-7-6-15(11-25)23-18(20)21/h2-5,8,10,15H,6-7,9,11H2,1H3,(H4,20,21,23)(H,22,24,27)/t15-/m1/s1. The van der Waals surface area contributed by atoms with E-state index >= 15 is 0 Å². The highest BCUT2D eigenvalue weighted by atomic mass is 16.1. The summed E-state index contributed by atoms with van der Waals surface area (Å²) in [6, 6.07) is 10.2. The Labute approximate surface area is 156 Å². The van der Waals surface area contributed by atoms with Crippen LogP contribution in [0.4, 0.5) is 0 Å². The number of H-pyrrole nitrogens is 1. The van der Waals surface area contributed by atoms with Gasteiger partial charge in [0, 0.05) is 43.0 Å². The summed E-state index contributed by atoms with van der Waals surface area (Å²) in [5.74, 6) is 0.0276. The number of hydrogen-bond acceptors (Lipinski definition) is 4. The number of likely N-dealkylation sites (tertiary alicyclic amines) is 1. The molecule has 1 atom stereocenters. The molecule has 0 amide bonds. The predicted octanol–water partition coefficient (Wildman–Crippen LogP) is 1.08. The first-order valence-corrected chi connectivity index (χ1v) is 8.99.